The van der Waals surface area contributed by atoms with Gasteiger partial charge in [0.2, 0.25) is 17.7 Å². The van der Waals surface area contributed by atoms with E-state index in [0.717, 1.165) is 30.5 Å². The van der Waals surface area contributed by atoms with Gasteiger partial charge in [-0.05, 0) is 80.2 Å². The zero-order valence-electron chi connectivity index (χ0n) is 39.7. The fraction of sp³-hybridized carbons (Fsp3) is 0.408. The van der Waals surface area contributed by atoms with Gasteiger partial charge in [-0.1, -0.05) is 51.1 Å². The van der Waals surface area contributed by atoms with Crippen molar-refractivity contribution in [2.45, 2.75) is 96.5 Å². The highest BCUT2D eigenvalue weighted by Crippen LogP contribution is 2.45. The zero-order valence-corrected chi connectivity index (χ0v) is 40.5. The van der Waals surface area contributed by atoms with Crippen LogP contribution in [0.2, 0.25) is 0 Å². The third-order valence-corrected chi connectivity index (χ3v) is 12.3. The first-order chi connectivity index (χ1) is 34.1. The molecule has 0 radical (unpaired) electrons. The molecule has 0 saturated carbocycles. The number of β-amino-alcohol motifs (C(OH)–C–C–N with tert-alkyl or cyclic N) is 1. The molecule has 390 valence electrons. The molecule has 4 amide bonds. The number of hydrogen-bond donors (Lipinski definition) is 3. The smallest absolute Gasteiger partial charge is 0.420 e. The highest BCUT2D eigenvalue weighted by atomic mass is 32.1. The number of aliphatic hydroxyl groups is 1. The number of amides is 4. The summed E-state index contributed by atoms with van der Waals surface area (Å²) in [5.41, 5.74) is -9.87. The SMILES string of the molecule is CC(C)(C)[C@H](NC(=O)COCCCCOc1c(F)cc(-c2ncc(N3C(=S)N(c4ccc(C#N)c(C(F)(F)F)c4F)C(=O)C3(C)C)cc2C(F)(F)F)cc1F)C(=O)N1C[C@H](O)C[C@H]1C(=O)NCc1ccccc1. The number of nitriles is 1. The van der Waals surface area contributed by atoms with Crippen molar-refractivity contribution in [2.24, 2.45) is 5.41 Å². The van der Waals surface area contributed by atoms with Crippen molar-refractivity contribution in [3.05, 3.63) is 107 Å². The molecule has 0 aliphatic carbocycles. The van der Waals surface area contributed by atoms with E-state index in [9.17, 15) is 50.6 Å². The third kappa shape index (κ3) is 12.2. The molecule has 3 atom stereocenters. The number of unbranched alkanes of at least 4 members (excludes halogenated alkanes) is 1. The fourth-order valence-corrected chi connectivity index (χ4v) is 8.79. The van der Waals surface area contributed by atoms with Crippen LogP contribution in [-0.2, 0) is 42.8 Å². The Hall–Kier alpha value is -6.84. The number of carbonyl (C=O) groups is 4. The van der Waals surface area contributed by atoms with Crippen molar-refractivity contribution in [1.29, 1.82) is 5.26 Å². The number of likely N-dealkylation sites (tertiary alicyclic amines) is 1. The normalized spacial score (nSPS) is 17.4. The van der Waals surface area contributed by atoms with E-state index < -0.39 is 139 Å². The molecule has 0 spiro atoms. The van der Waals surface area contributed by atoms with Crippen LogP contribution in [0.3, 0.4) is 0 Å². The zero-order chi connectivity index (χ0) is 54.0. The van der Waals surface area contributed by atoms with Crippen molar-refractivity contribution in [3.63, 3.8) is 0 Å². The van der Waals surface area contributed by atoms with Gasteiger partial charge in [0.15, 0.2) is 28.3 Å². The van der Waals surface area contributed by atoms with Crippen molar-refractivity contribution < 1.29 is 73.3 Å². The van der Waals surface area contributed by atoms with Crippen LogP contribution in [0.5, 0.6) is 5.75 Å². The van der Waals surface area contributed by atoms with Gasteiger partial charge in [-0.3, -0.25) is 29.1 Å². The van der Waals surface area contributed by atoms with E-state index in [1.54, 1.807) is 20.8 Å². The molecule has 3 N–H and O–H groups in total. The molecule has 2 aliphatic rings. The van der Waals surface area contributed by atoms with E-state index in [2.05, 4.69) is 15.6 Å². The number of halogens is 9. The van der Waals surface area contributed by atoms with Crippen LogP contribution >= 0.6 is 12.2 Å². The van der Waals surface area contributed by atoms with Crippen molar-refractivity contribution in [3.8, 4) is 23.1 Å². The average Bonchev–Trinajstić information content (AvgIpc) is 3.78. The first kappa shape index (κ1) is 55.5. The largest absolute Gasteiger partial charge is 0.488 e. The lowest BCUT2D eigenvalue weighted by molar-refractivity contribution is -0.144. The van der Waals surface area contributed by atoms with Gasteiger partial charge in [0.25, 0.3) is 5.91 Å². The highest BCUT2D eigenvalue weighted by Gasteiger charge is 2.53. The van der Waals surface area contributed by atoms with Crippen LogP contribution in [0, 0.1) is 34.2 Å². The molecular weight excluding hydrogens is 1000 g/mol. The van der Waals surface area contributed by atoms with E-state index >= 15 is 13.2 Å². The Morgan fingerprint density at radius 3 is 2.21 bits per heavy atom. The first-order valence-electron chi connectivity index (χ1n) is 22.4. The van der Waals surface area contributed by atoms with Gasteiger partial charge in [-0.15, -0.1) is 0 Å². The van der Waals surface area contributed by atoms with Gasteiger partial charge >= 0.3 is 12.4 Å². The number of aromatic nitrogens is 1. The number of rotatable bonds is 16. The molecule has 3 heterocycles. The number of pyridine rings is 1. The maximum absolute atomic E-state index is 15.5. The van der Waals surface area contributed by atoms with Crippen LogP contribution in [0.25, 0.3) is 11.3 Å². The second-order valence-electron chi connectivity index (χ2n) is 18.7. The molecule has 2 saturated heterocycles. The number of ether oxygens (including phenoxy) is 2. The molecule has 0 bridgehead atoms. The van der Waals surface area contributed by atoms with Crippen LogP contribution < -0.4 is 25.2 Å². The number of nitrogens with one attached hydrogen (secondary N) is 2. The fourth-order valence-electron chi connectivity index (χ4n) is 8.28. The number of hydrogen-bond acceptors (Lipinski definition) is 10. The number of carbonyl (C=O) groups excluding carboxylic acids is 4. The topological polar surface area (TPSA) is 177 Å². The Bertz CT molecular complexity index is 2800. The second kappa shape index (κ2) is 21.7. The lowest BCUT2D eigenvalue weighted by Gasteiger charge is -2.35. The molecule has 3 aromatic carbocycles. The number of nitrogens with zero attached hydrogens (tertiary/aromatic N) is 5. The Morgan fingerprint density at radius 1 is 0.959 bits per heavy atom. The number of aliphatic hydroxyl groups excluding tert-OH is 1. The lowest BCUT2D eigenvalue weighted by Crippen LogP contribution is -2.58. The van der Waals surface area contributed by atoms with Gasteiger partial charge in [-0.25, -0.2) is 13.2 Å². The van der Waals surface area contributed by atoms with Gasteiger partial charge in [0.1, 0.15) is 29.8 Å². The second-order valence-corrected chi connectivity index (χ2v) is 19.0. The molecule has 4 aromatic rings. The number of thiocarbonyl (C=S) groups is 1. The number of alkyl halides is 6. The van der Waals surface area contributed by atoms with E-state index in [-0.39, 0.29) is 45.6 Å². The Morgan fingerprint density at radius 2 is 1.60 bits per heavy atom. The molecule has 73 heavy (non-hydrogen) atoms. The number of anilines is 2. The summed E-state index contributed by atoms with van der Waals surface area (Å²) in [7, 11) is 0. The summed E-state index contributed by atoms with van der Waals surface area (Å²) >= 11 is 5.32. The Balaban J connectivity index is 1.05. The number of benzene rings is 3. The third-order valence-electron chi connectivity index (χ3n) is 11.9. The summed E-state index contributed by atoms with van der Waals surface area (Å²) < 4.78 is 142. The molecular formula is C49H48F9N7O7S. The van der Waals surface area contributed by atoms with Crippen LogP contribution in [0.1, 0.15) is 76.1 Å². The molecule has 24 heteroatoms. The van der Waals surface area contributed by atoms with E-state index in [1.165, 1.54) is 11.0 Å². The monoisotopic (exact) mass is 1050 g/mol. The Kier molecular flexibility index (Phi) is 16.5. The van der Waals surface area contributed by atoms with Crippen molar-refractivity contribution in [2.75, 3.05) is 36.2 Å². The first-order valence-corrected chi connectivity index (χ1v) is 22.8. The van der Waals surface area contributed by atoms with Crippen molar-refractivity contribution >= 4 is 52.3 Å². The van der Waals surface area contributed by atoms with Gasteiger partial charge < -0.3 is 35.0 Å². The molecule has 2 aliphatic heterocycles. The molecule has 14 nitrogen and oxygen atoms in total. The van der Waals surface area contributed by atoms with Crippen LogP contribution in [0.4, 0.5) is 50.9 Å². The predicted molar refractivity (Wildman–Crippen MR) is 249 cm³/mol. The summed E-state index contributed by atoms with van der Waals surface area (Å²) in [5, 5.41) is 24.3. The van der Waals surface area contributed by atoms with E-state index in [4.69, 9.17) is 27.0 Å². The van der Waals surface area contributed by atoms with Crippen LogP contribution in [0.15, 0.2) is 66.9 Å². The molecule has 0 unspecified atom stereocenters. The minimum Gasteiger partial charge on any atom is -0.488 e. The van der Waals surface area contributed by atoms with Crippen LogP contribution in [-0.4, -0.2) is 93.8 Å². The molecule has 2 fully saturated rings. The van der Waals surface area contributed by atoms with Gasteiger partial charge in [-0.2, -0.15) is 31.6 Å². The average molecular weight is 1050 g/mol. The van der Waals surface area contributed by atoms with Gasteiger partial charge in [0.05, 0.1) is 53.2 Å². The van der Waals surface area contributed by atoms with E-state index in [1.807, 2.05) is 30.3 Å². The summed E-state index contributed by atoms with van der Waals surface area (Å²) in [6, 6.07) is 11.1. The Labute approximate surface area is 418 Å². The molecule has 6 rings (SSSR count). The maximum Gasteiger partial charge on any atom is 0.420 e. The maximum atomic E-state index is 15.5. The summed E-state index contributed by atoms with van der Waals surface area (Å²) in [6.07, 6.45) is -10.5. The summed E-state index contributed by atoms with van der Waals surface area (Å²) in [5.74, 6) is -8.63. The summed E-state index contributed by atoms with van der Waals surface area (Å²) in [6.45, 7) is 6.67. The quantitative estimate of drug-likeness (QED) is 0.0564. The molecule has 1 aromatic heterocycles. The minimum atomic E-state index is -5.39. The lowest BCUT2D eigenvalue weighted by atomic mass is 9.85. The predicted octanol–water partition coefficient (Wildman–Crippen LogP) is 7.98. The summed E-state index contributed by atoms with van der Waals surface area (Å²) in [4.78, 5) is 59.8. The highest BCUT2D eigenvalue weighted by molar-refractivity contribution is 7.81. The van der Waals surface area contributed by atoms with Crippen molar-refractivity contribution in [1.82, 2.24) is 20.5 Å². The van der Waals surface area contributed by atoms with Gasteiger partial charge in [0, 0.05) is 31.7 Å². The van der Waals surface area contributed by atoms with E-state index in [0.29, 0.717) is 35.2 Å². The minimum absolute atomic E-state index is 0.00605. The standard InChI is InChI=1S/C49H48F9N7O7S/c1-46(2,3)41(43(69)63-24-30(66)20-35(63)42(68)61-22-26-11-7-6-8-12-26)62-36(67)25-71-15-9-10-16-72-40-32(50)17-28(18-33(40)51)39-31(48(53,54)55)19-29(23-60-39)65-45(73)64(44(70)47(65,4)5)34-14-13-27(21-59)37(38(34)52)49(56,57)58/h6-8,11-14,17-19,23,30,35,41,66H,9-10,15-16,20,22,24-25H2,1-5H3,(H,61,68)(H,62,67)/t30-,35+,41-/m1/s1.